The lowest BCUT2D eigenvalue weighted by Gasteiger charge is -1.89. The Hall–Kier alpha value is -1.38. The number of thiophene rings is 1. The Bertz CT molecular complexity index is 326. The number of amides is 1. The summed E-state index contributed by atoms with van der Waals surface area (Å²) in [7, 11) is 0. The number of carbonyl (C=O) groups excluding carboxylic acids is 1. The first-order valence-corrected chi connectivity index (χ1v) is 4.13. The molecule has 12 heavy (non-hydrogen) atoms. The minimum Gasteiger partial charge on any atom is -0.326 e. The number of nitrogens with zero attached hydrogens (tertiary/aromatic N) is 1. The lowest BCUT2D eigenvalue weighted by atomic mass is 10.3. The third kappa shape index (κ3) is 1.81. The van der Waals surface area contributed by atoms with Crippen molar-refractivity contribution in [1.29, 1.82) is 5.26 Å². The zero-order chi connectivity index (χ0) is 8.97. The summed E-state index contributed by atoms with van der Waals surface area (Å²) in [6, 6.07) is 1.68. The van der Waals surface area contributed by atoms with Crippen molar-refractivity contribution in [1.82, 2.24) is 5.32 Å². The van der Waals surface area contributed by atoms with Gasteiger partial charge in [-0.25, -0.2) is 0 Å². The fourth-order valence-electron chi connectivity index (χ4n) is 0.730. The maximum atomic E-state index is 11.0. The molecule has 0 bridgehead atoms. The number of nitriles is 1. The number of hydrogen-bond acceptors (Lipinski definition) is 4. The van der Waals surface area contributed by atoms with Gasteiger partial charge in [0.15, 0.2) is 6.19 Å². The molecular formula is C7H7N3OS. The SMILES string of the molecule is N#CNC(=O)c1csc(CN)c1. The van der Waals surface area contributed by atoms with E-state index in [2.05, 4.69) is 0 Å². The van der Waals surface area contributed by atoms with Crippen LogP contribution in [0.2, 0.25) is 0 Å². The molecule has 1 aromatic heterocycles. The zero-order valence-electron chi connectivity index (χ0n) is 6.20. The van der Waals surface area contributed by atoms with Gasteiger partial charge in [-0.3, -0.25) is 10.1 Å². The molecule has 4 nitrogen and oxygen atoms in total. The predicted octanol–water partition coefficient (Wildman–Crippen LogP) is 0.418. The first kappa shape index (κ1) is 8.71. The average Bonchev–Trinajstić information content (AvgIpc) is 2.52. The lowest BCUT2D eigenvalue weighted by Crippen LogP contribution is -2.16. The van der Waals surface area contributed by atoms with Gasteiger partial charge in [0, 0.05) is 16.8 Å². The molecular weight excluding hydrogens is 174 g/mol. The average molecular weight is 181 g/mol. The van der Waals surface area contributed by atoms with E-state index in [1.807, 2.05) is 5.32 Å². The monoisotopic (exact) mass is 181 g/mol. The molecule has 1 amide bonds. The number of nitrogens with one attached hydrogen (secondary N) is 1. The quantitative estimate of drug-likeness (QED) is 0.512. The minimum atomic E-state index is -0.381. The molecule has 0 spiro atoms. The normalized spacial score (nSPS) is 9.00. The van der Waals surface area contributed by atoms with Gasteiger partial charge in [0.05, 0.1) is 5.56 Å². The largest absolute Gasteiger partial charge is 0.326 e. The van der Waals surface area contributed by atoms with E-state index in [0.717, 1.165) is 4.88 Å². The number of hydrogen-bond donors (Lipinski definition) is 2. The second-order valence-corrected chi connectivity index (χ2v) is 3.07. The minimum absolute atomic E-state index is 0.381. The summed E-state index contributed by atoms with van der Waals surface area (Å²) < 4.78 is 0. The molecule has 0 aromatic carbocycles. The Labute approximate surface area is 73.6 Å². The van der Waals surface area contributed by atoms with Gasteiger partial charge >= 0.3 is 0 Å². The number of rotatable bonds is 2. The van der Waals surface area contributed by atoms with Crippen LogP contribution in [0.4, 0.5) is 0 Å². The van der Waals surface area contributed by atoms with Crippen molar-refractivity contribution >= 4 is 17.2 Å². The van der Waals surface area contributed by atoms with E-state index in [0.29, 0.717) is 12.1 Å². The van der Waals surface area contributed by atoms with Gasteiger partial charge in [-0.1, -0.05) is 0 Å². The van der Waals surface area contributed by atoms with Crippen LogP contribution in [-0.2, 0) is 6.54 Å². The Morgan fingerprint density at radius 3 is 3.08 bits per heavy atom. The van der Waals surface area contributed by atoms with Crippen LogP contribution in [0.25, 0.3) is 0 Å². The van der Waals surface area contributed by atoms with E-state index in [1.165, 1.54) is 11.3 Å². The molecule has 0 aliphatic rings. The van der Waals surface area contributed by atoms with Crippen LogP contribution in [0.3, 0.4) is 0 Å². The zero-order valence-corrected chi connectivity index (χ0v) is 7.02. The van der Waals surface area contributed by atoms with Crippen molar-refractivity contribution in [3.05, 3.63) is 21.9 Å². The highest BCUT2D eigenvalue weighted by atomic mass is 32.1. The second-order valence-electron chi connectivity index (χ2n) is 2.07. The van der Waals surface area contributed by atoms with Crippen molar-refractivity contribution in [2.75, 3.05) is 0 Å². The van der Waals surface area contributed by atoms with Crippen LogP contribution in [0, 0.1) is 11.5 Å². The van der Waals surface area contributed by atoms with E-state index in [4.69, 9.17) is 11.0 Å². The van der Waals surface area contributed by atoms with Crippen LogP contribution in [0.5, 0.6) is 0 Å². The summed E-state index contributed by atoms with van der Waals surface area (Å²) in [4.78, 5) is 11.9. The molecule has 0 radical (unpaired) electrons. The summed E-state index contributed by atoms with van der Waals surface area (Å²) in [5.74, 6) is -0.381. The summed E-state index contributed by atoms with van der Waals surface area (Å²) in [5.41, 5.74) is 5.84. The fourth-order valence-corrected chi connectivity index (χ4v) is 1.47. The second kappa shape index (κ2) is 3.85. The Kier molecular flexibility index (Phi) is 2.80. The van der Waals surface area contributed by atoms with Gasteiger partial charge in [0.2, 0.25) is 0 Å². The van der Waals surface area contributed by atoms with Crippen LogP contribution in [-0.4, -0.2) is 5.91 Å². The first-order chi connectivity index (χ1) is 5.77. The van der Waals surface area contributed by atoms with Gasteiger partial charge in [-0.2, -0.15) is 5.26 Å². The van der Waals surface area contributed by atoms with E-state index in [1.54, 1.807) is 17.6 Å². The summed E-state index contributed by atoms with van der Waals surface area (Å²) >= 11 is 1.41. The number of nitrogens with two attached hydrogens (primary N) is 1. The molecule has 0 fully saturated rings. The summed E-state index contributed by atoms with van der Waals surface area (Å²) in [6.45, 7) is 0.421. The number of carbonyl (C=O) groups is 1. The van der Waals surface area contributed by atoms with Gasteiger partial charge in [0.1, 0.15) is 0 Å². The van der Waals surface area contributed by atoms with Crippen molar-refractivity contribution in [3.8, 4) is 6.19 Å². The van der Waals surface area contributed by atoms with Gasteiger partial charge in [-0.15, -0.1) is 11.3 Å². The first-order valence-electron chi connectivity index (χ1n) is 3.25. The molecule has 5 heteroatoms. The molecule has 0 atom stereocenters. The standard InChI is InChI=1S/C7H7N3OS/c8-2-6-1-5(3-12-6)7(11)10-4-9/h1,3H,2,8H2,(H,10,11). The molecule has 62 valence electrons. The highest BCUT2D eigenvalue weighted by Crippen LogP contribution is 2.13. The molecule has 1 aromatic rings. The van der Waals surface area contributed by atoms with E-state index in [-0.39, 0.29) is 5.91 Å². The Morgan fingerprint density at radius 1 is 1.83 bits per heavy atom. The van der Waals surface area contributed by atoms with E-state index >= 15 is 0 Å². The molecule has 0 aliphatic heterocycles. The highest BCUT2D eigenvalue weighted by molar-refractivity contribution is 7.10. The van der Waals surface area contributed by atoms with Crippen molar-refractivity contribution in [2.45, 2.75) is 6.54 Å². The van der Waals surface area contributed by atoms with Crippen molar-refractivity contribution < 1.29 is 4.79 Å². The topological polar surface area (TPSA) is 78.9 Å². The van der Waals surface area contributed by atoms with E-state index < -0.39 is 0 Å². The fraction of sp³-hybridized carbons (Fsp3) is 0.143. The molecule has 1 rings (SSSR count). The Balaban J connectivity index is 2.76. The van der Waals surface area contributed by atoms with Crippen LogP contribution in [0.1, 0.15) is 15.2 Å². The highest BCUT2D eigenvalue weighted by Gasteiger charge is 2.06. The molecule has 3 N–H and O–H groups in total. The predicted molar refractivity (Wildman–Crippen MR) is 45.3 cm³/mol. The van der Waals surface area contributed by atoms with Crippen LogP contribution >= 0.6 is 11.3 Å². The van der Waals surface area contributed by atoms with Gasteiger partial charge in [0.25, 0.3) is 5.91 Å². The van der Waals surface area contributed by atoms with Crippen LogP contribution in [0.15, 0.2) is 11.4 Å². The lowest BCUT2D eigenvalue weighted by molar-refractivity contribution is 0.0973. The van der Waals surface area contributed by atoms with Gasteiger partial charge in [-0.05, 0) is 6.07 Å². The van der Waals surface area contributed by atoms with Crippen LogP contribution < -0.4 is 11.1 Å². The van der Waals surface area contributed by atoms with Crippen molar-refractivity contribution in [2.24, 2.45) is 5.73 Å². The van der Waals surface area contributed by atoms with Crippen molar-refractivity contribution in [3.63, 3.8) is 0 Å². The summed E-state index contributed by atoms with van der Waals surface area (Å²) in [6.07, 6.45) is 1.57. The molecule has 0 unspecified atom stereocenters. The molecule has 1 heterocycles. The molecule has 0 aliphatic carbocycles. The Morgan fingerprint density at radius 2 is 2.58 bits per heavy atom. The summed E-state index contributed by atoms with van der Waals surface area (Å²) in [5, 5.41) is 11.9. The molecule has 0 saturated heterocycles. The molecule has 0 saturated carbocycles. The maximum Gasteiger partial charge on any atom is 0.265 e. The third-order valence-corrected chi connectivity index (χ3v) is 2.25. The smallest absolute Gasteiger partial charge is 0.265 e. The van der Waals surface area contributed by atoms with Gasteiger partial charge < -0.3 is 5.73 Å². The third-order valence-electron chi connectivity index (χ3n) is 1.29. The van der Waals surface area contributed by atoms with E-state index in [9.17, 15) is 4.79 Å². The maximum absolute atomic E-state index is 11.0.